The maximum Gasteiger partial charge on any atom is 0.222 e. The molecule has 0 bridgehead atoms. The van der Waals surface area contributed by atoms with Crippen LogP contribution in [0.2, 0.25) is 0 Å². The molecule has 18 heavy (non-hydrogen) atoms. The molecule has 1 aliphatic heterocycles. The zero-order valence-electron chi connectivity index (χ0n) is 10.8. The summed E-state index contributed by atoms with van der Waals surface area (Å²) in [5, 5.41) is 0. The molecule has 1 amide bonds. The summed E-state index contributed by atoms with van der Waals surface area (Å²) in [4.78, 5) is 19.9. The van der Waals surface area contributed by atoms with Crippen LogP contribution in [-0.2, 0) is 4.79 Å². The van der Waals surface area contributed by atoms with Gasteiger partial charge in [0.05, 0.1) is 17.6 Å². The summed E-state index contributed by atoms with van der Waals surface area (Å²) in [6, 6.07) is 1.93. The molecule has 2 N–H and O–H groups in total. The molecule has 0 radical (unpaired) electrons. The first kappa shape index (κ1) is 12.7. The first-order chi connectivity index (χ1) is 8.72. The number of carbonyl (C=O) groups is 1. The Bertz CT molecular complexity index is 413. The number of pyridine rings is 1. The number of anilines is 2. The summed E-state index contributed by atoms with van der Waals surface area (Å²) < 4.78 is 0. The van der Waals surface area contributed by atoms with Crippen LogP contribution in [0.15, 0.2) is 18.5 Å². The number of nitrogens with zero attached hydrogens (tertiary/aromatic N) is 3. The van der Waals surface area contributed by atoms with Crippen molar-refractivity contribution in [3.05, 3.63) is 18.5 Å². The number of carbonyl (C=O) groups excluding carboxylic acids is 1. The highest BCUT2D eigenvalue weighted by molar-refractivity contribution is 5.76. The molecule has 0 atom stereocenters. The summed E-state index contributed by atoms with van der Waals surface area (Å²) in [6.07, 6.45) is 4.98. The van der Waals surface area contributed by atoms with E-state index in [2.05, 4.69) is 9.88 Å². The van der Waals surface area contributed by atoms with Gasteiger partial charge in [-0.2, -0.15) is 0 Å². The van der Waals surface area contributed by atoms with E-state index in [4.69, 9.17) is 5.73 Å². The van der Waals surface area contributed by atoms with Crippen molar-refractivity contribution in [1.82, 2.24) is 9.88 Å². The second-order valence-corrected chi connectivity index (χ2v) is 4.55. The lowest BCUT2D eigenvalue weighted by atomic mass is 10.2. The van der Waals surface area contributed by atoms with Crippen LogP contribution in [-0.4, -0.2) is 42.0 Å². The Morgan fingerprint density at radius 1 is 1.39 bits per heavy atom. The average Bonchev–Trinajstić information content (AvgIpc) is 2.40. The van der Waals surface area contributed by atoms with Gasteiger partial charge >= 0.3 is 0 Å². The van der Waals surface area contributed by atoms with Crippen molar-refractivity contribution in [1.29, 1.82) is 0 Å². The van der Waals surface area contributed by atoms with Crippen LogP contribution in [0.5, 0.6) is 0 Å². The number of hydrogen-bond donors (Lipinski definition) is 1. The second kappa shape index (κ2) is 5.71. The normalized spacial score (nSPS) is 15.8. The summed E-state index contributed by atoms with van der Waals surface area (Å²) >= 11 is 0. The van der Waals surface area contributed by atoms with Crippen LogP contribution >= 0.6 is 0 Å². The van der Waals surface area contributed by atoms with Crippen molar-refractivity contribution < 1.29 is 4.79 Å². The largest absolute Gasteiger partial charge is 0.396 e. The van der Waals surface area contributed by atoms with Gasteiger partial charge in [0, 0.05) is 38.8 Å². The van der Waals surface area contributed by atoms with Gasteiger partial charge in [-0.15, -0.1) is 0 Å². The average molecular weight is 248 g/mol. The monoisotopic (exact) mass is 248 g/mol. The van der Waals surface area contributed by atoms with Crippen LogP contribution < -0.4 is 10.6 Å². The van der Waals surface area contributed by atoms with E-state index in [1.807, 2.05) is 17.9 Å². The topological polar surface area (TPSA) is 62.5 Å². The predicted octanol–water partition coefficient (Wildman–Crippen LogP) is 1.11. The van der Waals surface area contributed by atoms with Crippen LogP contribution in [0, 0.1) is 0 Å². The molecule has 0 unspecified atom stereocenters. The highest BCUT2D eigenvalue weighted by atomic mass is 16.2. The van der Waals surface area contributed by atoms with Crippen molar-refractivity contribution in [2.24, 2.45) is 0 Å². The molecule has 1 saturated heterocycles. The van der Waals surface area contributed by atoms with Crippen molar-refractivity contribution in [2.75, 3.05) is 36.8 Å². The molecule has 5 heteroatoms. The Balaban J connectivity index is 1.95. The van der Waals surface area contributed by atoms with Gasteiger partial charge in [0.1, 0.15) is 0 Å². The standard InChI is InChI=1S/C13H20N4O/c1-2-3-13(18)17-8-6-16(7-9-17)12-4-5-15-10-11(12)14/h4-5,10H,2-3,6-9,14H2,1H3. The molecule has 98 valence electrons. The van der Waals surface area contributed by atoms with Gasteiger partial charge in [-0.05, 0) is 12.5 Å². The zero-order valence-corrected chi connectivity index (χ0v) is 10.8. The lowest BCUT2D eigenvalue weighted by Gasteiger charge is -2.36. The van der Waals surface area contributed by atoms with Crippen LogP contribution in [0.25, 0.3) is 0 Å². The number of amides is 1. The zero-order chi connectivity index (χ0) is 13.0. The second-order valence-electron chi connectivity index (χ2n) is 4.55. The van der Waals surface area contributed by atoms with Crippen LogP contribution in [0.1, 0.15) is 19.8 Å². The molecule has 0 aromatic carbocycles. The molecule has 5 nitrogen and oxygen atoms in total. The molecule has 1 aromatic rings. The SMILES string of the molecule is CCCC(=O)N1CCN(c2ccncc2N)CC1. The molecule has 2 heterocycles. The number of piperazine rings is 1. The minimum Gasteiger partial charge on any atom is -0.396 e. The fraction of sp³-hybridized carbons (Fsp3) is 0.538. The van der Waals surface area contributed by atoms with Gasteiger partial charge in [-0.1, -0.05) is 6.92 Å². The van der Waals surface area contributed by atoms with Crippen molar-refractivity contribution in [3.8, 4) is 0 Å². The Hall–Kier alpha value is -1.78. The predicted molar refractivity (Wildman–Crippen MR) is 72.4 cm³/mol. The summed E-state index contributed by atoms with van der Waals surface area (Å²) in [6.45, 7) is 5.26. The van der Waals surface area contributed by atoms with Crippen LogP contribution in [0.4, 0.5) is 11.4 Å². The Morgan fingerprint density at radius 3 is 2.72 bits per heavy atom. The summed E-state index contributed by atoms with van der Waals surface area (Å²) in [5.74, 6) is 0.264. The number of aromatic nitrogens is 1. The Labute approximate surface area is 108 Å². The molecule has 1 aromatic heterocycles. The highest BCUT2D eigenvalue weighted by Gasteiger charge is 2.21. The molecular weight excluding hydrogens is 228 g/mol. The maximum atomic E-state index is 11.8. The smallest absolute Gasteiger partial charge is 0.222 e. The molecule has 2 rings (SSSR count). The minimum absolute atomic E-state index is 0.264. The maximum absolute atomic E-state index is 11.8. The van der Waals surface area contributed by atoms with Crippen molar-refractivity contribution in [2.45, 2.75) is 19.8 Å². The van der Waals surface area contributed by atoms with Crippen molar-refractivity contribution >= 4 is 17.3 Å². The fourth-order valence-electron chi connectivity index (χ4n) is 2.26. The first-order valence-corrected chi connectivity index (χ1v) is 6.44. The van der Waals surface area contributed by atoms with Gasteiger partial charge in [0.25, 0.3) is 0 Å². The third kappa shape index (κ3) is 2.72. The fourth-order valence-corrected chi connectivity index (χ4v) is 2.26. The van der Waals surface area contributed by atoms with E-state index >= 15 is 0 Å². The van der Waals surface area contributed by atoms with Gasteiger partial charge < -0.3 is 15.5 Å². The molecule has 0 aliphatic carbocycles. The van der Waals surface area contributed by atoms with E-state index in [1.54, 1.807) is 12.4 Å². The van der Waals surface area contributed by atoms with E-state index in [1.165, 1.54) is 0 Å². The first-order valence-electron chi connectivity index (χ1n) is 6.44. The number of nitrogens with two attached hydrogens (primary N) is 1. The van der Waals surface area contributed by atoms with Gasteiger partial charge in [0.15, 0.2) is 0 Å². The van der Waals surface area contributed by atoms with E-state index in [9.17, 15) is 4.79 Å². The van der Waals surface area contributed by atoms with E-state index in [0.29, 0.717) is 12.1 Å². The number of nitrogen functional groups attached to an aromatic ring is 1. The lowest BCUT2D eigenvalue weighted by Crippen LogP contribution is -2.48. The molecular formula is C13H20N4O. The Kier molecular flexibility index (Phi) is 4.02. The molecule has 1 fully saturated rings. The number of hydrogen-bond acceptors (Lipinski definition) is 4. The quantitative estimate of drug-likeness (QED) is 0.870. The van der Waals surface area contributed by atoms with E-state index in [0.717, 1.165) is 38.3 Å². The number of rotatable bonds is 3. The van der Waals surface area contributed by atoms with Crippen LogP contribution in [0.3, 0.4) is 0 Å². The third-order valence-corrected chi connectivity index (χ3v) is 3.26. The third-order valence-electron chi connectivity index (χ3n) is 3.26. The summed E-state index contributed by atoms with van der Waals surface area (Å²) in [7, 11) is 0. The minimum atomic E-state index is 0.264. The van der Waals surface area contributed by atoms with E-state index < -0.39 is 0 Å². The molecule has 0 spiro atoms. The van der Waals surface area contributed by atoms with Gasteiger partial charge in [0.2, 0.25) is 5.91 Å². The molecule has 1 aliphatic rings. The van der Waals surface area contributed by atoms with Crippen molar-refractivity contribution in [3.63, 3.8) is 0 Å². The summed E-state index contributed by atoms with van der Waals surface area (Å²) in [5.41, 5.74) is 7.63. The van der Waals surface area contributed by atoms with Gasteiger partial charge in [-0.25, -0.2) is 0 Å². The Morgan fingerprint density at radius 2 is 2.11 bits per heavy atom. The van der Waals surface area contributed by atoms with Gasteiger partial charge in [-0.3, -0.25) is 9.78 Å². The molecule has 0 saturated carbocycles. The van der Waals surface area contributed by atoms with E-state index in [-0.39, 0.29) is 5.91 Å². The highest BCUT2D eigenvalue weighted by Crippen LogP contribution is 2.22. The lowest BCUT2D eigenvalue weighted by molar-refractivity contribution is -0.131.